The molecule has 26 heavy (non-hydrogen) atoms. The fourth-order valence-electron chi connectivity index (χ4n) is 4.19. The second-order valence-corrected chi connectivity index (χ2v) is 7.51. The number of rotatable bonds is 4. The van der Waals surface area contributed by atoms with E-state index in [-0.39, 0.29) is 17.4 Å². The van der Waals surface area contributed by atoms with Crippen LogP contribution in [0.25, 0.3) is 0 Å². The monoisotopic (exact) mass is 359 g/mol. The topological polar surface area (TPSA) is 53.1 Å². The average molecular weight is 359 g/mol. The van der Waals surface area contributed by atoms with Crippen LogP contribution >= 0.6 is 0 Å². The Balaban J connectivity index is 1.68. The summed E-state index contributed by atoms with van der Waals surface area (Å²) in [6.45, 7) is 3.42. The van der Waals surface area contributed by atoms with E-state index < -0.39 is 0 Å². The summed E-state index contributed by atoms with van der Waals surface area (Å²) in [7, 11) is 3.48. The van der Waals surface area contributed by atoms with Crippen molar-refractivity contribution in [2.75, 3.05) is 51.8 Å². The normalized spacial score (nSPS) is 23.4. The van der Waals surface area contributed by atoms with Gasteiger partial charge in [-0.2, -0.15) is 0 Å². The van der Waals surface area contributed by atoms with Crippen molar-refractivity contribution >= 4 is 17.6 Å². The standard InChI is InChI=1S/C20H29N3O3/c1-21(17-7-4-3-5-8-17)19(25)23-12-6-10-20(16-23)11-9-18(24)22(15-20)13-14-26-2/h3-5,7-8H,6,9-16H2,1-2H3. The average Bonchev–Trinajstić information content (AvgIpc) is 2.68. The number of amides is 3. The van der Waals surface area contributed by atoms with Gasteiger partial charge in [0.15, 0.2) is 0 Å². The van der Waals surface area contributed by atoms with Crippen LogP contribution in [0.3, 0.4) is 0 Å². The molecule has 1 aromatic rings. The number of anilines is 1. The van der Waals surface area contributed by atoms with Gasteiger partial charge in [0.1, 0.15) is 0 Å². The number of urea groups is 1. The highest BCUT2D eigenvalue weighted by Crippen LogP contribution is 2.39. The van der Waals surface area contributed by atoms with Gasteiger partial charge in [-0.15, -0.1) is 0 Å². The minimum atomic E-state index is 0.0209. The van der Waals surface area contributed by atoms with Gasteiger partial charge < -0.3 is 14.5 Å². The fraction of sp³-hybridized carbons (Fsp3) is 0.600. The van der Waals surface area contributed by atoms with Crippen molar-refractivity contribution in [3.63, 3.8) is 0 Å². The van der Waals surface area contributed by atoms with Crippen LogP contribution in [0.1, 0.15) is 25.7 Å². The summed E-state index contributed by atoms with van der Waals surface area (Å²) in [5.41, 5.74) is 0.922. The third-order valence-corrected chi connectivity index (χ3v) is 5.68. The third-order valence-electron chi connectivity index (χ3n) is 5.68. The van der Waals surface area contributed by atoms with Crippen molar-refractivity contribution in [2.24, 2.45) is 5.41 Å². The lowest BCUT2D eigenvalue weighted by Gasteiger charge is -2.48. The van der Waals surface area contributed by atoms with E-state index in [1.807, 2.05) is 47.2 Å². The van der Waals surface area contributed by atoms with Crippen molar-refractivity contribution in [3.05, 3.63) is 30.3 Å². The molecule has 3 rings (SSSR count). The Kier molecular flexibility index (Phi) is 5.81. The van der Waals surface area contributed by atoms with E-state index >= 15 is 0 Å². The third kappa shape index (κ3) is 4.01. The van der Waals surface area contributed by atoms with Crippen molar-refractivity contribution < 1.29 is 14.3 Å². The smallest absolute Gasteiger partial charge is 0.324 e. The number of benzene rings is 1. The molecule has 1 spiro atoms. The lowest BCUT2D eigenvalue weighted by molar-refractivity contribution is -0.139. The van der Waals surface area contributed by atoms with Gasteiger partial charge in [0.2, 0.25) is 5.91 Å². The molecule has 2 aliphatic rings. The van der Waals surface area contributed by atoms with Gasteiger partial charge in [-0.25, -0.2) is 4.79 Å². The molecule has 142 valence electrons. The predicted octanol–water partition coefficient (Wildman–Crippen LogP) is 2.59. The molecule has 6 nitrogen and oxygen atoms in total. The van der Waals surface area contributed by atoms with E-state index in [0.717, 1.165) is 44.6 Å². The van der Waals surface area contributed by atoms with E-state index in [2.05, 4.69) is 0 Å². The first-order valence-corrected chi connectivity index (χ1v) is 9.39. The Morgan fingerprint density at radius 1 is 1.23 bits per heavy atom. The molecule has 2 fully saturated rings. The highest BCUT2D eigenvalue weighted by Gasteiger charge is 2.43. The van der Waals surface area contributed by atoms with Crippen LogP contribution in [0.5, 0.6) is 0 Å². The number of para-hydroxylation sites is 1. The molecule has 2 saturated heterocycles. The fourth-order valence-corrected chi connectivity index (χ4v) is 4.19. The summed E-state index contributed by atoms with van der Waals surface area (Å²) < 4.78 is 5.14. The zero-order valence-corrected chi connectivity index (χ0v) is 15.8. The van der Waals surface area contributed by atoms with Gasteiger partial charge in [-0.3, -0.25) is 9.69 Å². The lowest BCUT2D eigenvalue weighted by atomic mass is 9.73. The molecule has 0 aliphatic carbocycles. The van der Waals surface area contributed by atoms with E-state index in [9.17, 15) is 9.59 Å². The maximum atomic E-state index is 13.0. The molecule has 3 amide bonds. The number of hydrogen-bond donors (Lipinski definition) is 0. The minimum absolute atomic E-state index is 0.0209. The van der Waals surface area contributed by atoms with Crippen LogP contribution in [-0.4, -0.2) is 68.7 Å². The molecule has 1 atom stereocenters. The van der Waals surface area contributed by atoms with Crippen LogP contribution in [-0.2, 0) is 9.53 Å². The molecular formula is C20H29N3O3. The quantitative estimate of drug-likeness (QED) is 0.830. The molecule has 6 heteroatoms. The van der Waals surface area contributed by atoms with Gasteiger partial charge in [-0.05, 0) is 31.4 Å². The van der Waals surface area contributed by atoms with Gasteiger partial charge in [0.25, 0.3) is 0 Å². The molecule has 2 aliphatic heterocycles. The molecule has 0 N–H and O–H groups in total. The van der Waals surface area contributed by atoms with Crippen LogP contribution < -0.4 is 4.90 Å². The number of likely N-dealkylation sites (tertiary alicyclic amines) is 2. The lowest BCUT2D eigenvalue weighted by Crippen LogP contribution is -2.57. The Morgan fingerprint density at radius 2 is 2.00 bits per heavy atom. The van der Waals surface area contributed by atoms with Crippen molar-refractivity contribution in [2.45, 2.75) is 25.7 Å². The van der Waals surface area contributed by atoms with Gasteiger partial charge in [-0.1, -0.05) is 18.2 Å². The number of piperidine rings is 2. The Labute approximate surface area is 155 Å². The Hall–Kier alpha value is -2.08. The zero-order chi connectivity index (χ0) is 18.6. The molecule has 2 heterocycles. The number of nitrogens with zero attached hydrogens (tertiary/aromatic N) is 3. The van der Waals surface area contributed by atoms with Gasteiger partial charge in [0.05, 0.1) is 6.61 Å². The van der Waals surface area contributed by atoms with E-state index in [4.69, 9.17) is 4.74 Å². The SMILES string of the molecule is COCCN1CC2(CCCN(C(=O)N(C)c3ccccc3)C2)CCC1=O. The predicted molar refractivity (Wildman–Crippen MR) is 101 cm³/mol. The van der Waals surface area contributed by atoms with E-state index in [1.54, 1.807) is 12.0 Å². The molecule has 0 aromatic heterocycles. The first kappa shape index (κ1) is 18.7. The minimum Gasteiger partial charge on any atom is -0.383 e. The molecular weight excluding hydrogens is 330 g/mol. The largest absolute Gasteiger partial charge is 0.383 e. The van der Waals surface area contributed by atoms with Crippen molar-refractivity contribution in [1.29, 1.82) is 0 Å². The first-order chi connectivity index (χ1) is 12.5. The van der Waals surface area contributed by atoms with E-state index in [0.29, 0.717) is 19.6 Å². The number of carbonyl (C=O) groups is 2. The molecule has 1 unspecified atom stereocenters. The van der Waals surface area contributed by atoms with Crippen LogP contribution in [0.15, 0.2) is 30.3 Å². The highest BCUT2D eigenvalue weighted by molar-refractivity contribution is 5.91. The maximum absolute atomic E-state index is 13.0. The van der Waals surface area contributed by atoms with Crippen LogP contribution in [0, 0.1) is 5.41 Å². The molecule has 0 bridgehead atoms. The molecule has 0 radical (unpaired) electrons. The summed E-state index contributed by atoms with van der Waals surface area (Å²) in [4.78, 5) is 30.8. The summed E-state index contributed by atoms with van der Waals surface area (Å²) in [6, 6.07) is 9.77. The highest BCUT2D eigenvalue weighted by atomic mass is 16.5. The Bertz CT molecular complexity index is 636. The van der Waals surface area contributed by atoms with Crippen LogP contribution in [0.2, 0.25) is 0 Å². The summed E-state index contributed by atoms with van der Waals surface area (Å²) in [5.74, 6) is 0.206. The number of methoxy groups -OCH3 is 1. The second kappa shape index (κ2) is 8.08. The first-order valence-electron chi connectivity index (χ1n) is 9.39. The van der Waals surface area contributed by atoms with Crippen LogP contribution in [0.4, 0.5) is 10.5 Å². The summed E-state index contributed by atoms with van der Waals surface area (Å²) in [6.07, 6.45) is 3.50. The second-order valence-electron chi connectivity index (χ2n) is 7.51. The van der Waals surface area contributed by atoms with Gasteiger partial charge in [0, 0.05) is 57.9 Å². The molecule has 0 saturated carbocycles. The number of ether oxygens (including phenoxy) is 1. The maximum Gasteiger partial charge on any atom is 0.324 e. The zero-order valence-electron chi connectivity index (χ0n) is 15.8. The summed E-state index contributed by atoms with van der Waals surface area (Å²) >= 11 is 0. The van der Waals surface area contributed by atoms with E-state index in [1.165, 1.54) is 0 Å². The summed E-state index contributed by atoms with van der Waals surface area (Å²) in [5, 5.41) is 0. The molecule has 1 aromatic carbocycles. The number of hydrogen-bond acceptors (Lipinski definition) is 3. The van der Waals surface area contributed by atoms with Gasteiger partial charge >= 0.3 is 6.03 Å². The Morgan fingerprint density at radius 3 is 2.73 bits per heavy atom. The number of carbonyl (C=O) groups excluding carboxylic acids is 2. The van der Waals surface area contributed by atoms with Crippen molar-refractivity contribution in [1.82, 2.24) is 9.80 Å². The van der Waals surface area contributed by atoms with Crippen molar-refractivity contribution in [3.8, 4) is 0 Å².